The van der Waals surface area contributed by atoms with Gasteiger partial charge in [-0.1, -0.05) is 23.9 Å². The van der Waals surface area contributed by atoms with Crippen LogP contribution >= 0.6 is 23.1 Å². The average molecular weight is 369 g/mol. The Labute approximate surface area is 153 Å². The van der Waals surface area contributed by atoms with Gasteiger partial charge < -0.3 is 8.83 Å². The zero-order valence-electron chi connectivity index (χ0n) is 13.7. The molecule has 0 aliphatic rings. The minimum Gasteiger partial charge on any atom is -0.444 e. The van der Waals surface area contributed by atoms with Gasteiger partial charge in [0.1, 0.15) is 6.26 Å². The van der Waals surface area contributed by atoms with E-state index in [-0.39, 0.29) is 0 Å². The van der Waals surface area contributed by atoms with Crippen LogP contribution in [0, 0.1) is 13.8 Å². The van der Waals surface area contributed by atoms with Crippen molar-refractivity contribution in [3.8, 4) is 22.2 Å². The molecule has 0 atom stereocenters. The van der Waals surface area contributed by atoms with Gasteiger partial charge in [0.2, 0.25) is 11.8 Å². The van der Waals surface area contributed by atoms with Crippen molar-refractivity contribution < 1.29 is 8.83 Å². The molecule has 4 rings (SSSR count). The van der Waals surface area contributed by atoms with E-state index in [1.807, 2.05) is 23.6 Å². The third kappa shape index (κ3) is 3.52. The molecule has 0 bridgehead atoms. The Balaban J connectivity index is 1.44. The molecule has 0 aliphatic heterocycles. The molecule has 0 radical (unpaired) electrons. The van der Waals surface area contributed by atoms with Crippen LogP contribution in [0.5, 0.6) is 0 Å². The molecule has 0 saturated carbocycles. The molecule has 5 nitrogen and oxygen atoms in total. The molecule has 3 heterocycles. The number of aryl methyl sites for hydroxylation is 2. The van der Waals surface area contributed by atoms with Crippen LogP contribution in [0.4, 0.5) is 0 Å². The van der Waals surface area contributed by atoms with Crippen LogP contribution in [-0.2, 0) is 5.75 Å². The van der Waals surface area contributed by atoms with E-state index in [4.69, 9.17) is 8.83 Å². The summed E-state index contributed by atoms with van der Waals surface area (Å²) in [5.74, 6) is 1.79. The number of aromatic nitrogens is 3. The highest BCUT2D eigenvalue weighted by Gasteiger charge is 2.12. The van der Waals surface area contributed by atoms with E-state index >= 15 is 0 Å². The number of hydrogen-bond acceptors (Lipinski definition) is 7. The van der Waals surface area contributed by atoms with Crippen LogP contribution in [0.1, 0.15) is 16.8 Å². The summed E-state index contributed by atoms with van der Waals surface area (Å²) in [7, 11) is 0. The standard InChI is InChI=1S/C18H15N3O2S2/c1-11-5-6-13(8-12(11)2)16-20-21-18(23-16)25-10-14-9-22-17(19-14)15-4-3-7-24-15/h3-9H,10H2,1-2H3. The minimum absolute atomic E-state index is 0.522. The molecular formula is C18H15N3O2S2. The summed E-state index contributed by atoms with van der Waals surface area (Å²) in [4.78, 5) is 5.51. The minimum atomic E-state index is 0.522. The molecule has 0 unspecified atom stereocenters. The molecule has 25 heavy (non-hydrogen) atoms. The summed E-state index contributed by atoms with van der Waals surface area (Å²) in [6, 6.07) is 10.1. The van der Waals surface area contributed by atoms with Crippen molar-refractivity contribution in [2.24, 2.45) is 0 Å². The Bertz CT molecular complexity index is 990. The van der Waals surface area contributed by atoms with Crippen LogP contribution in [-0.4, -0.2) is 15.2 Å². The van der Waals surface area contributed by atoms with Crippen LogP contribution in [0.25, 0.3) is 22.2 Å². The maximum atomic E-state index is 5.75. The Morgan fingerprint density at radius 2 is 2.00 bits per heavy atom. The summed E-state index contributed by atoms with van der Waals surface area (Å²) in [5.41, 5.74) is 4.22. The van der Waals surface area contributed by atoms with Gasteiger partial charge >= 0.3 is 0 Å². The maximum absolute atomic E-state index is 5.75. The molecule has 0 amide bonds. The topological polar surface area (TPSA) is 65.0 Å². The van der Waals surface area contributed by atoms with Gasteiger partial charge in [0.25, 0.3) is 5.22 Å². The predicted molar refractivity (Wildman–Crippen MR) is 98.6 cm³/mol. The Morgan fingerprint density at radius 3 is 2.80 bits per heavy atom. The van der Waals surface area contributed by atoms with Crippen molar-refractivity contribution in [3.05, 3.63) is 58.8 Å². The van der Waals surface area contributed by atoms with E-state index in [2.05, 4.69) is 41.2 Å². The lowest BCUT2D eigenvalue weighted by molar-refractivity contribution is 0.465. The molecule has 0 saturated heterocycles. The first kappa shape index (κ1) is 16.1. The summed E-state index contributed by atoms with van der Waals surface area (Å²) in [6.07, 6.45) is 1.67. The third-order valence-electron chi connectivity index (χ3n) is 3.79. The first-order valence-electron chi connectivity index (χ1n) is 7.71. The summed E-state index contributed by atoms with van der Waals surface area (Å²) >= 11 is 3.05. The fraction of sp³-hybridized carbons (Fsp3) is 0.167. The number of nitrogens with zero attached hydrogens (tertiary/aromatic N) is 3. The van der Waals surface area contributed by atoms with Crippen molar-refractivity contribution in [2.45, 2.75) is 24.8 Å². The van der Waals surface area contributed by atoms with E-state index in [1.54, 1.807) is 17.6 Å². The maximum Gasteiger partial charge on any atom is 0.277 e. The predicted octanol–water partition coefficient (Wildman–Crippen LogP) is 5.36. The van der Waals surface area contributed by atoms with Crippen molar-refractivity contribution in [1.82, 2.24) is 15.2 Å². The fourth-order valence-electron chi connectivity index (χ4n) is 2.28. The van der Waals surface area contributed by atoms with Crippen molar-refractivity contribution in [2.75, 3.05) is 0 Å². The monoisotopic (exact) mass is 369 g/mol. The van der Waals surface area contributed by atoms with Gasteiger partial charge in [0.05, 0.1) is 10.6 Å². The fourth-order valence-corrected chi connectivity index (χ4v) is 3.58. The smallest absolute Gasteiger partial charge is 0.277 e. The van der Waals surface area contributed by atoms with Crippen molar-refractivity contribution in [1.29, 1.82) is 0 Å². The highest BCUT2D eigenvalue weighted by Crippen LogP contribution is 2.28. The zero-order chi connectivity index (χ0) is 17.2. The average Bonchev–Trinajstić information content (AvgIpc) is 3.36. The molecule has 0 spiro atoms. The van der Waals surface area contributed by atoms with Crippen LogP contribution in [0.15, 0.2) is 56.0 Å². The van der Waals surface area contributed by atoms with Gasteiger partial charge in [0.15, 0.2) is 0 Å². The van der Waals surface area contributed by atoms with E-state index in [0.717, 1.165) is 16.1 Å². The molecule has 0 aliphatic carbocycles. The second-order valence-electron chi connectivity index (χ2n) is 5.58. The van der Waals surface area contributed by atoms with Crippen LogP contribution in [0.3, 0.4) is 0 Å². The number of oxazole rings is 1. The highest BCUT2D eigenvalue weighted by molar-refractivity contribution is 7.98. The Morgan fingerprint density at radius 1 is 1.08 bits per heavy atom. The largest absolute Gasteiger partial charge is 0.444 e. The quantitative estimate of drug-likeness (QED) is 0.441. The van der Waals surface area contributed by atoms with Crippen molar-refractivity contribution >= 4 is 23.1 Å². The molecule has 4 aromatic rings. The SMILES string of the molecule is Cc1ccc(-c2nnc(SCc3coc(-c4cccs4)n3)o2)cc1C. The zero-order valence-corrected chi connectivity index (χ0v) is 15.4. The highest BCUT2D eigenvalue weighted by atomic mass is 32.2. The number of thiophene rings is 1. The second kappa shape index (κ2) is 6.85. The molecule has 1 aromatic carbocycles. The van der Waals surface area contributed by atoms with Gasteiger partial charge in [-0.05, 0) is 48.6 Å². The van der Waals surface area contributed by atoms with Gasteiger partial charge in [-0.2, -0.15) is 0 Å². The number of hydrogen-bond donors (Lipinski definition) is 0. The second-order valence-corrected chi connectivity index (χ2v) is 7.46. The molecule has 0 fully saturated rings. The molecule has 7 heteroatoms. The van der Waals surface area contributed by atoms with Crippen molar-refractivity contribution in [3.63, 3.8) is 0 Å². The first-order chi connectivity index (χ1) is 12.2. The Kier molecular flexibility index (Phi) is 4.42. The van der Waals surface area contributed by atoms with Crippen LogP contribution in [0.2, 0.25) is 0 Å². The molecule has 0 N–H and O–H groups in total. The Hall–Kier alpha value is -2.38. The number of benzene rings is 1. The molecular weight excluding hydrogens is 354 g/mol. The van der Waals surface area contributed by atoms with Gasteiger partial charge in [-0.3, -0.25) is 0 Å². The summed E-state index contributed by atoms with van der Waals surface area (Å²) in [5, 5.41) is 10.8. The van der Waals surface area contributed by atoms with E-state index in [9.17, 15) is 0 Å². The van der Waals surface area contributed by atoms with Gasteiger partial charge in [-0.15, -0.1) is 21.5 Å². The molecule has 3 aromatic heterocycles. The third-order valence-corrected chi connectivity index (χ3v) is 5.50. The lowest BCUT2D eigenvalue weighted by Gasteiger charge is -2.00. The summed E-state index contributed by atoms with van der Waals surface area (Å²) < 4.78 is 11.3. The lowest BCUT2D eigenvalue weighted by atomic mass is 10.1. The van der Waals surface area contributed by atoms with E-state index in [0.29, 0.717) is 22.8 Å². The number of rotatable bonds is 5. The molecule has 126 valence electrons. The van der Waals surface area contributed by atoms with Gasteiger partial charge in [-0.25, -0.2) is 4.98 Å². The lowest BCUT2D eigenvalue weighted by Crippen LogP contribution is -1.83. The van der Waals surface area contributed by atoms with Gasteiger partial charge in [0, 0.05) is 11.3 Å². The van der Waals surface area contributed by atoms with E-state index < -0.39 is 0 Å². The van der Waals surface area contributed by atoms with E-state index in [1.165, 1.54) is 22.9 Å². The summed E-state index contributed by atoms with van der Waals surface area (Å²) in [6.45, 7) is 4.15. The van der Waals surface area contributed by atoms with Crippen LogP contribution < -0.4 is 0 Å². The normalized spacial score (nSPS) is 11.1. The number of thioether (sulfide) groups is 1. The first-order valence-corrected chi connectivity index (χ1v) is 9.58.